The van der Waals surface area contributed by atoms with Crippen LogP contribution in [-0.4, -0.2) is 23.5 Å². The minimum atomic E-state index is -0.941. The van der Waals surface area contributed by atoms with Crippen LogP contribution < -0.4 is 5.32 Å². The summed E-state index contributed by atoms with van der Waals surface area (Å²) in [5, 5.41) is 11.9. The Morgan fingerprint density at radius 3 is 2.47 bits per heavy atom. The molecule has 1 amide bonds. The van der Waals surface area contributed by atoms with Crippen molar-refractivity contribution in [3.63, 3.8) is 0 Å². The first-order valence-corrected chi connectivity index (χ1v) is 6.29. The van der Waals surface area contributed by atoms with E-state index in [1.165, 1.54) is 0 Å². The van der Waals surface area contributed by atoms with E-state index >= 15 is 0 Å². The largest absolute Gasteiger partial charge is 0.481 e. The van der Waals surface area contributed by atoms with Gasteiger partial charge < -0.3 is 10.4 Å². The molecule has 1 aromatic carbocycles. The van der Waals surface area contributed by atoms with Gasteiger partial charge in [0.05, 0.1) is 5.92 Å². The molecule has 0 aliphatic carbocycles. The van der Waals surface area contributed by atoms with E-state index in [4.69, 9.17) is 0 Å². The standard InChI is InChI=1S/C15H19NO3/c1-3-7-11(2)14(17)16-10-13(15(18)19)12-8-5-4-6-9-12/h4-9,13H,3,10H2,1-2H3,(H,16,17)(H,18,19). The summed E-state index contributed by atoms with van der Waals surface area (Å²) < 4.78 is 0. The Morgan fingerprint density at radius 2 is 1.95 bits per heavy atom. The zero-order valence-electron chi connectivity index (χ0n) is 11.2. The predicted molar refractivity (Wildman–Crippen MR) is 73.9 cm³/mol. The molecular weight excluding hydrogens is 242 g/mol. The van der Waals surface area contributed by atoms with Gasteiger partial charge in [0.1, 0.15) is 0 Å². The molecule has 1 rings (SSSR count). The Hall–Kier alpha value is -2.10. The maximum atomic E-state index is 11.7. The van der Waals surface area contributed by atoms with Crippen molar-refractivity contribution in [3.8, 4) is 0 Å². The van der Waals surface area contributed by atoms with Crippen molar-refractivity contribution in [2.24, 2.45) is 0 Å². The topological polar surface area (TPSA) is 66.4 Å². The molecule has 0 fully saturated rings. The molecule has 102 valence electrons. The first-order valence-electron chi connectivity index (χ1n) is 6.29. The van der Waals surface area contributed by atoms with Crippen LogP contribution in [0.5, 0.6) is 0 Å². The summed E-state index contributed by atoms with van der Waals surface area (Å²) in [6.07, 6.45) is 2.59. The van der Waals surface area contributed by atoms with E-state index in [0.717, 1.165) is 6.42 Å². The summed E-state index contributed by atoms with van der Waals surface area (Å²) in [5.74, 6) is -1.88. The van der Waals surface area contributed by atoms with E-state index in [1.54, 1.807) is 31.2 Å². The van der Waals surface area contributed by atoms with Crippen molar-refractivity contribution in [2.45, 2.75) is 26.2 Å². The highest BCUT2D eigenvalue weighted by Crippen LogP contribution is 2.14. The zero-order chi connectivity index (χ0) is 14.3. The number of carboxylic acids is 1. The highest BCUT2D eigenvalue weighted by atomic mass is 16.4. The van der Waals surface area contributed by atoms with Gasteiger partial charge in [-0.25, -0.2) is 0 Å². The number of hydrogen-bond donors (Lipinski definition) is 2. The minimum Gasteiger partial charge on any atom is -0.481 e. The Morgan fingerprint density at radius 1 is 1.32 bits per heavy atom. The summed E-state index contributed by atoms with van der Waals surface area (Å²) in [4.78, 5) is 23.0. The summed E-state index contributed by atoms with van der Waals surface area (Å²) in [6.45, 7) is 3.75. The lowest BCUT2D eigenvalue weighted by molar-refractivity contribution is -0.138. The fourth-order valence-corrected chi connectivity index (χ4v) is 1.77. The number of aliphatic carboxylic acids is 1. The lowest BCUT2D eigenvalue weighted by atomic mass is 9.99. The third-order valence-electron chi connectivity index (χ3n) is 2.84. The van der Waals surface area contributed by atoms with Gasteiger partial charge in [0.25, 0.3) is 0 Å². The third kappa shape index (κ3) is 4.58. The minimum absolute atomic E-state index is 0.0904. The average molecular weight is 261 g/mol. The van der Waals surface area contributed by atoms with Crippen LogP contribution >= 0.6 is 0 Å². The molecule has 0 radical (unpaired) electrons. The Balaban J connectivity index is 2.69. The summed E-state index contributed by atoms with van der Waals surface area (Å²) >= 11 is 0. The van der Waals surface area contributed by atoms with Crippen LogP contribution in [-0.2, 0) is 9.59 Å². The van der Waals surface area contributed by atoms with Crippen LogP contribution in [0.2, 0.25) is 0 Å². The first kappa shape index (κ1) is 15.0. The molecule has 4 nitrogen and oxygen atoms in total. The molecule has 0 heterocycles. The van der Waals surface area contributed by atoms with Gasteiger partial charge >= 0.3 is 5.97 Å². The van der Waals surface area contributed by atoms with Gasteiger partial charge in [-0.3, -0.25) is 9.59 Å². The number of carbonyl (C=O) groups excluding carboxylic acids is 1. The van der Waals surface area contributed by atoms with Crippen molar-refractivity contribution in [3.05, 3.63) is 47.5 Å². The fraction of sp³-hybridized carbons (Fsp3) is 0.333. The smallest absolute Gasteiger partial charge is 0.312 e. The molecule has 0 aliphatic rings. The molecular formula is C15H19NO3. The highest BCUT2D eigenvalue weighted by molar-refractivity contribution is 5.93. The summed E-state index contributed by atoms with van der Waals surface area (Å²) in [5.41, 5.74) is 1.30. The highest BCUT2D eigenvalue weighted by Gasteiger charge is 2.20. The van der Waals surface area contributed by atoms with E-state index in [9.17, 15) is 14.7 Å². The predicted octanol–water partition coefficient (Wildman–Crippen LogP) is 2.33. The van der Waals surface area contributed by atoms with Crippen LogP contribution in [0.3, 0.4) is 0 Å². The van der Waals surface area contributed by atoms with Crippen LogP contribution in [0.1, 0.15) is 31.7 Å². The van der Waals surface area contributed by atoms with Gasteiger partial charge in [0, 0.05) is 12.1 Å². The average Bonchev–Trinajstić information content (AvgIpc) is 2.39. The van der Waals surface area contributed by atoms with Crippen LogP contribution in [0.25, 0.3) is 0 Å². The SMILES string of the molecule is CCC=C(C)C(=O)NCC(C(=O)O)c1ccccc1. The Bertz CT molecular complexity index is 466. The number of allylic oxidation sites excluding steroid dienone is 1. The molecule has 1 aromatic rings. The van der Waals surface area contributed by atoms with Crippen molar-refractivity contribution in [1.29, 1.82) is 0 Å². The molecule has 0 spiro atoms. The number of benzene rings is 1. The second kappa shape index (κ2) is 7.36. The third-order valence-corrected chi connectivity index (χ3v) is 2.84. The molecule has 2 N–H and O–H groups in total. The van der Waals surface area contributed by atoms with E-state index < -0.39 is 11.9 Å². The molecule has 0 aliphatic heterocycles. The Kier molecular flexibility index (Phi) is 5.79. The van der Waals surface area contributed by atoms with E-state index in [2.05, 4.69) is 5.32 Å². The van der Waals surface area contributed by atoms with Crippen LogP contribution in [0.15, 0.2) is 42.0 Å². The molecule has 1 unspecified atom stereocenters. The number of carbonyl (C=O) groups is 2. The van der Waals surface area contributed by atoms with E-state index in [-0.39, 0.29) is 12.5 Å². The molecule has 19 heavy (non-hydrogen) atoms. The van der Waals surface area contributed by atoms with E-state index in [0.29, 0.717) is 11.1 Å². The van der Waals surface area contributed by atoms with Crippen molar-refractivity contribution in [2.75, 3.05) is 6.54 Å². The van der Waals surface area contributed by atoms with Gasteiger partial charge in [-0.1, -0.05) is 43.3 Å². The zero-order valence-corrected chi connectivity index (χ0v) is 11.2. The number of carboxylic acid groups (broad SMARTS) is 1. The van der Waals surface area contributed by atoms with Gasteiger partial charge in [-0.15, -0.1) is 0 Å². The number of rotatable bonds is 6. The molecule has 0 saturated heterocycles. The van der Waals surface area contributed by atoms with Crippen molar-refractivity contribution in [1.82, 2.24) is 5.32 Å². The monoisotopic (exact) mass is 261 g/mol. The Labute approximate surface area is 113 Å². The summed E-state index contributed by atoms with van der Waals surface area (Å²) in [7, 11) is 0. The lowest BCUT2D eigenvalue weighted by Gasteiger charge is -2.14. The second-order valence-electron chi connectivity index (χ2n) is 4.31. The molecule has 0 saturated carbocycles. The van der Waals surface area contributed by atoms with Crippen molar-refractivity contribution >= 4 is 11.9 Å². The normalized spacial score (nSPS) is 12.8. The quantitative estimate of drug-likeness (QED) is 0.772. The lowest BCUT2D eigenvalue weighted by Crippen LogP contribution is -2.32. The number of hydrogen-bond acceptors (Lipinski definition) is 2. The molecule has 4 heteroatoms. The second-order valence-corrected chi connectivity index (χ2v) is 4.31. The van der Waals surface area contributed by atoms with Gasteiger partial charge in [0.15, 0.2) is 0 Å². The van der Waals surface area contributed by atoms with E-state index in [1.807, 2.05) is 19.1 Å². The maximum Gasteiger partial charge on any atom is 0.312 e. The molecule has 1 atom stereocenters. The number of amides is 1. The summed E-state index contributed by atoms with van der Waals surface area (Å²) in [6, 6.07) is 8.90. The van der Waals surface area contributed by atoms with Gasteiger partial charge in [0.2, 0.25) is 5.91 Å². The number of nitrogens with one attached hydrogen (secondary N) is 1. The fourth-order valence-electron chi connectivity index (χ4n) is 1.77. The molecule has 0 bridgehead atoms. The van der Waals surface area contributed by atoms with Crippen LogP contribution in [0, 0.1) is 0 Å². The van der Waals surface area contributed by atoms with Gasteiger partial charge in [-0.05, 0) is 18.9 Å². The van der Waals surface area contributed by atoms with Gasteiger partial charge in [-0.2, -0.15) is 0 Å². The maximum absolute atomic E-state index is 11.7. The van der Waals surface area contributed by atoms with Crippen molar-refractivity contribution < 1.29 is 14.7 Å². The first-order chi connectivity index (χ1) is 9.06. The molecule has 0 aromatic heterocycles. The van der Waals surface area contributed by atoms with Crippen LogP contribution in [0.4, 0.5) is 0 Å².